The number of nitrogens with one attached hydrogen (secondary N) is 2. The van der Waals surface area contributed by atoms with E-state index in [1.165, 1.54) is 13.8 Å². The molecule has 0 atom stereocenters. The first-order valence-corrected chi connectivity index (χ1v) is 5.44. The highest BCUT2D eigenvalue weighted by Gasteiger charge is 2.05. The molecule has 0 radical (unpaired) electrons. The summed E-state index contributed by atoms with van der Waals surface area (Å²) in [5.74, 6) is -0.728. The average Bonchev–Trinajstić information content (AvgIpc) is 2.23. The standard InChI is InChI=1S/C11H18N2O4/c1-8(14)6-12-10(16)4-3-5-11(17)13-7-9(2)15/h3-7H2,1-2H3,(H,12,16)(H,13,17). The molecule has 96 valence electrons. The molecule has 0 unspecified atom stereocenters. The topological polar surface area (TPSA) is 92.3 Å². The molecule has 17 heavy (non-hydrogen) atoms. The molecule has 0 aliphatic heterocycles. The normalized spacial score (nSPS) is 9.53. The smallest absolute Gasteiger partial charge is 0.220 e. The second kappa shape index (κ2) is 8.43. The highest BCUT2D eigenvalue weighted by atomic mass is 16.2. The van der Waals surface area contributed by atoms with Crippen LogP contribution in [0.1, 0.15) is 33.1 Å². The molecule has 0 aromatic carbocycles. The van der Waals surface area contributed by atoms with Crippen molar-refractivity contribution in [3.05, 3.63) is 0 Å². The van der Waals surface area contributed by atoms with E-state index >= 15 is 0 Å². The van der Waals surface area contributed by atoms with Crippen molar-refractivity contribution in [1.82, 2.24) is 10.6 Å². The maximum Gasteiger partial charge on any atom is 0.220 e. The number of Topliss-reactive ketones (excluding diaryl/α,β-unsaturated/α-hetero) is 2. The van der Waals surface area contributed by atoms with Crippen molar-refractivity contribution >= 4 is 23.4 Å². The van der Waals surface area contributed by atoms with Gasteiger partial charge in [-0.15, -0.1) is 0 Å². The number of hydrogen-bond acceptors (Lipinski definition) is 4. The molecule has 0 aromatic heterocycles. The van der Waals surface area contributed by atoms with E-state index in [1.54, 1.807) is 0 Å². The maximum atomic E-state index is 11.1. The Hall–Kier alpha value is -1.72. The summed E-state index contributed by atoms with van der Waals surface area (Å²) in [6, 6.07) is 0. The highest BCUT2D eigenvalue weighted by molar-refractivity contribution is 5.86. The summed E-state index contributed by atoms with van der Waals surface area (Å²) < 4.78 is 0. The molecular formula is C11H18N2O4. The van der Waals surface area contributed by atoms with Crippen LogP contribution in [-0.4, -0.2) is 36.5 Å². The molecule has 0 aliphatic carbocycles. The molecule has 0 heterocycles. The van der Waals surface area contributed by atoms with Gasteiger partial charge in [-0.3, -0.25) is 19.2 Å². The first-order chi connectivity index (χ1) is 7.91. The van der Waals surface area contributed by atoms with Crippen molar-refractivity contribution in [3.63, 3.8) is 0 Å². The second-order valence-electron chi connectivity index (χ2n) is 3.81. The van der Waals surface area contributed by atoms with Gasteiger partial charge in [-0.2, -0.15) is 0 Å². The summed E-state index contributed by atoms with van der Waals surface area (Å²) in [6.45, 7) is 2.82. The van der Waals surface area contributed by atoms with E-state index < -0.39 is 0 Å². The first kappa shape index (κ1) is 15.3. The summed E-state index contributed by atoms with van der Waals surface area (Å²) in [6.07, 6.45) is 0.787. The van der Waals surface area contributed by atoms with Gasteiger partial charge >= 0.3 is 0 Å². The molecule has 0 saturated carbocycles. The summed E-state index contributed by atoms with van der Waals surface area (Å²) in [7, 11) is 0. The molecule has 0 aromatic rings. The molecule has 0 spiro atoms. The van der Waals surface area contributed by atoms with Gasteiger partial charge in [0.2, 0.25) is 11.8 Å². The summed E-state index contributed by atoms with van der Waals surface area (Å²) in [5, 5.41) is 4.86. The van der Waals surface area contributed by atoms with Crippen molar-refractivity contribution < 1.29 is 19.2 Å². The summed E-state index contributed by atoms with van der Waals surface area (Å²) in [5.41, 5.74) is 0. The molecule has 2 amide bonds. The third-order valence-corrected chi connectivity index (χ3v) is 1.88. The zero-order valence-corrected chi connectivity index (χ0v) is 10.2. The Morgan fingerprint density at radius 1 is 0.765 bits per heavy atom. The Labute approximate surface area is 100 Å². The van der Waals surface area contributed by atoms with E-state index in [-0.39, 0.29) is 49.3 Å². The Bertz CT molecular complexity index is 283. The number of rotatable bonds is 8. The van der Waals surface area contributed by atoms with Crippen molar-refractivity contribution in [2.24, 2.45) is 0 Å². The number of carbonyl (C=O) groups is 4. The first-order valence-electron chi connectivity index (χ1n) is 5.44. The van der Waals surface area contributed by atoms with Crippen molar-refractivity contribution in [2.45, 2.75) is 33.1 Å². The van der Waals surface area contributed by atoms with Gasteiger partial charge < -0.3 is 10.6 Å². The van der Waals surface area contributed by atoms with Gasteiger partial charge in [0.15, 0.2) is 0 Å². The van der Waals surface area contributed by atoms with E-state index in [0.717, 1.165) is 0 Å². The zero-order chi connectivity index (χ0) is 13.3. The van der Waals surface area contributed by atoms with Crippen molar-refractivity contribution in [1.29, 1.82) is 0 Å². The number of carbonyl (C=O) groups excluding carboxylic acids is 4. The Balaban J connectivity index is 3.55. The lowest BCUT2D eigenvalue weighted by Crippen LogP contribution is -2.30. The van der Waals surface area contributed by atoms with Gasteiger partial charge in [-0.25, -0.2) is 0 Å². The minimum absolute atomic E-state index is 0.0232. The van der Waals surface area contributed by atoms with E-state index in [0.29, 0.717) is 6.42 Å². The molecule has 0 aliphatic rings. The minimum Gasteiger partial charge on any atom is -0.349 e. The third kappa shape index (κ3) is 10.6. The molecule has 6 nitrogen and oxygen atoms in total. The fourth-order valence-corrected chi connectivity index (χ4v) is 1.03. The minimum atomic E-state index is -0.250. The number of amides is 2. The molecule has 0 rings (SSSR count). The SMILES string of the molecule is CC(=O)CNC(=O)CCCC(=O)NCC(C)=O. The second-order valence-corrected chi connectivity index (χ2v) is 3.81. The average molecular weight is 242 g/mol. The predicted molar refractivity (Wildman–Crippen MR) is 61.2 cm³/mol. The van der Waals surface area contributed by atoms with Crippen LogP contribution < -0.4 is 10.6 Å². The molecule has 0 fully saturated rings. The van der Waals surface area contributed by atoms with Crippen molar-refractivity contribution in [3.8, 4) is 0 Å². The van der Waals surface area contributed by atoms with Crippen molar-refractivity contribution in [2.75, 3.05) is 13.1 Å². The van der Waals surface area contributed by atoms with E-state index in [1.807, 2.05) is 0 Å². The maximum absolute atomic E-state index is 11.1. The van der Waals surface area contributed by atoms with Gasteiger partial charge in [0.1, 0.15) is 11.6 Å². The third-order valence-electron chi connectivity index (χ3n) is 1.88. The molecule has 0 saturated heterocycles. The fourth-order valence-electron chi connectivity index (χ4n) is 1.03. The van der Waals surface area contributed by atoms with E-state index in [4.69, 9.17) is 0 Å². The molecule has 2 N–H and O–H groups in total. The van der Waals surface area contributed by atoms with Crippen LogP contribution in [0, 0.1) is 0 Å². The van der Waals surface area contributed by atoms with Crippen LogP contribution >= 0.6 is 0 Å². The summed E-state index contributed by atoms with van der Waals surface area (Å²) >= 11 is 0. The van der Waals surface area contributed by atoms with Gasteiger partial charge in [0.25, 0.3) is 0 Å². The zero-order valence-electron chi connectivity index (χ0n) is 10.2. The van der Waals surface area contributed by atoms with Gasteiger partial charge in [0.05, 0.1) is 13.1 Å². The number of hydrogen-bond donors (Lipinski definition) is 2. The van der Waals surface area contributed by atoms with Gasteiger partial charge in [0, 0.05) is 12.8 Å². The fraction of sp³-hybridized carbons (Fsp3) is 0.636. The summed E-state index contributed by atoms with van der Waals surface area (Å²) in [4.78, 5) is 43.4. The van der Waals surface area contributed by atoms with Crippen LogP contribution in [0.25, 0.3) is 0 Å². The predicted octanol–water partition coefficient (Wildman–Crippen LogP) is -0.433. The Morgan fingerprint density at radius 3 is 1.41 bits per heavy atom. The van der Waals surface area contributed by atoms with Crippen LogP contribution in [0.4, 0.5) is 0 Å². The van der Waals surface area contributed by atoms with Crippen LogP contribution in [0.2, 0.25) is 0 Å². The molecular weight excluding hydrogens is 224 g/mol. The lowest BCUT2D eigenvalue weighted by Gasteiger charge is -2.03. The van der Waals surface area contributed by atoms with Crippen LogP contribution in [0.3, 0.4) is 0 Å². The van der Waals surface area contributed by atoms with E-state index in [2.05, 4.69) is 10.6 Å². The number of ketones is 2. The van der Waals surface area contributed by atoms with Gasteiger partial charge in [-0.1, -0.05) is 0 Å². The quantitative estimate of drug-likeness (QED) is 0.604. The lowest BCUT2D eigenvalue weighted by atomic mass is 10.2. The molecule has 0 bridgehead atoms. The van der Waals surface area contributed by atoms with E-state index in [9.17, 15) is 19.2 Å². The lowest BCUT2D eigenvalue weighted by molar-refractivity contribution is -0.126. The van der Waals surface area contributed by atoms with Crippen LogP contribution in [0.5, 0.6) is 0 Å². The molecule has 6 heteroatoms. The van der Waals surface area contributed by atoms with Crippen LogP contribution in [0.15, 0.2) is 0 Å². The Morgan fingerprint density at radius 2 is 1.12 bits per heavy atom. The monoisotopic (exact) mass is 242 g/mol. The largest absolute Gasteiger partial charge is 0.349 e. The Kier molecular flexibility index (Phi) is 7.58. The van der Waals surface area contributed by atoms with Gasteiger partial charge in [-0.05, 0) is 20.3 Å². The highest BCUT2D eigenvalue weighted by Crippen LogP contribution is 1.95. The van der Waals surface area contributed by atoms with Crippen LogP contribution in [-0.2, 0) is 19.2 Å².